The van der Waals surface area contributed by atoms with E-state index in [1.807, 2.05) is 21.6 Å². The smallest absolute Gasteiger partial charge is 0.416 e. The van der Waals surface area contributed by atoms with Crippen LogP contribution in [0.4, 0.5) is 13.2 Å². The lowest BCUT2D eigenvalue weighted by Gasteiger charge is -2.38. The van der Waals surface area contributed by atoms with Crippen LogP contribution in [0.15, 0.2) is 18.3 Å². The van der Waals surface area contributed by atoms with Gasteiger partial charge in [0, 0.05) is 29.7 Å². The van der Waals surface area contributed by atoms with E-state index >= 15 is 0 Å². The monoisotopic (exact) mass is 406 g/mol. The number of ether oxygens (including phenoxy) is 1. The molecule has 0 saturated carbocycles. The lowest BCUT2D eigenvalue weighted by atomic mass is 10.1. The fourth-order valence-corrected chi connectivity index (χ4v) is 5.94. The summed E-state index contributed by atoms with van der Waals surface area (Å²) in [6.45, 7) is 0.817. The number of alkyl halides is 3. The number of carbonyl (C=O) groups excluding carboxylic acids is 1. The van der Waals surface area contributed by atoms with E-state index in [9.17, 15) is 18.0 Å². The Morgan fingerprint density at radius 3 is 2.85 bits per heavy atom. The fraction of sp³-hybridized carbons (Fsp3) is 0.647. The van der Waals surface area contributed by atoms with Gasteiger partial charge in [-0.25, -0.2) is 4.98 Å². The number of carbonyl (C=O) groups is 1. The average Bonchev–Trinajstić information content (AvgIpc) is 3.07. The van der Waals surface area contributed by atoms with E-state index in [1.54, 1.807) is 4.90 Å². The highest BCUT2D eigenvalue weighted by atomic mass is 33.1. The van der Waals surface area contributed by atoms with Crippen molar-refractivity contribution in [3.05, 3.63) is 23.9 Å². The second-order valence-electron chi connectivity index (χ2n) is 6.49. The minimum Gasteiger partial charge on any atom is -0.471 e. The highest BCUT2D eigenvalue weighted by Gasteiger charge is 2.34. The Hall–Kier alpha value is -1.09. The maximum absolute atomic E-state index is 12.7. The highest BCUT2D eigenvalue weighted by molar-refractivity contribution is 8.77. The topological polar surface area (TPSA) is 42.4 Å². The molecule has 0 aromatic carbocycles. The minimum absolute atomic E-state index is 0.0520. The van der Waals surface area contributed by atoms with Crippen LogP contribution in [0.1, 0.15) is 37.7 Å². The zero-order valence-electron chi connectivity index (χ0n) is 14.2. The molecule has 0 aliphatic carbocycles. The van der Waals surface area contributed by atoms with Crippen LogP contribution in [0.25, 0.3) is 0 Å². The molecule has 2 fully saturated rings. The van der Waals surface area contributed by atoms with Gasteiger partial charge >= 0.3 is 6.18 Å². The van der Waals surface area contributed by atoms with Crippen molar-refractivity contribution in [3.8, 4) is 5.88 Å². The molecule has 2 aliphatic rings. The summed E-state index contributed by atoms with van der Waals surface area (Å²) in [5.41, 5.74) is -0.784. The highest BCUT2D eigenvalue weighted by Crippen LogP contribution is 2.40. The number of likely N-dealkylation sites (tertiary alicyclic amines) is 1. The van der Waals surface area contributed by atoms with E-state index in [0.29, 0.717) is 19.5 Å². The summed E-state index contributed by atoms with van der Waals surface area (Å²) in [7, 11) is 3.88. The Kier molecular flexibility index (Phi) is 6.60. The third kappa shape index (κ3) is 5.45. The van der Waals surface area contributed by atoms with Crippen LogP contribution in [0, 0.1) is 0 Å². The number of nitrogens with zero attached hydrogens (tertiary/aromatic N) is 2. The Balaban J connectivity index is 1.34. The van der Waals surface area contributed by atoms with Crippen molar-refractivity contribution in [2.75, 3.05) is 18.8 Å². The lowest BCUT2D eigenvalue weighted by Crippen LogP contribution is -2.56. The third-order valence-electron chi connectivity index (χ3n) is 4.44. The summed E-state index contributed by atoms with van der Waals surface area (Å²) in [6, 6.07) is 1.80. The molecule has 1 aromatic rings. The summed E-state index contributed by atoms with van der Waals surface area (Å²) < 4.78 is 43.5. The van der Waals surface area contributed by atoms with E-state index in [0.717, 1.165) is 42.8 Å². The Bertz CT molecular complexity index is 618. The number of aromatic nitrogens is 1. The molecule has 1 amide bonds. The van der Waals surface area contributed by atoms with Gasteiger partial charge in [-0.15, -0.1) is 0 Å². The van der Waals surface area contributed by atoms with Gasteiger partial charge in [-0.3, -0.25) is 4.79 Å². The average molecular weight is 406 g/mol. The summed E-state index contributed by atoms with van der Waals surface area (Å²) in [5.74, 6) is 1.27. The van der Waals surface area contributed by atoms with E-state index in [-0.39, 0.29) is 17.9 Å². The van der Waals surface area contributed by atoms with Crippen LogP contribution in [0.2, 0.25) is 0 Å². The second kappa shape index (κ2) is 8.73. The molecule has 0 bridgehead atoms. The van der Waals surface area contributed by atoms with Crippen LogP contribution in [-0.2, 0) is 11.0 Å². The van der Waals surface area contributed by atoms with Gasteiger partial charge in [0.25, 0.3) is 0 Å². The molecule has 144 valence electrons. The summed E-state index contributed by atoms with van der Waals surface area (Å²) in [6.07, 6.45) is 1.28. The molecular formula is C17H21F3N2O2S2. The maximum atomic E-state index is 12.7. The summed E-state index contributed by atoms with van der Waals surface area (Å²) in [4.78, 5) is 17.6. The lowest BCUT2D eigenvalue weighted by molar-refractivity contribution is -0.140. The van der Waals surface area contributed by atoms with Crippen LogP contribution in [0.5, 0.6) is 5.88 Å². The standard InChI is InChI=1S/C17H21F3N2O2S2/c18-17(19,20)12-5-7-21-15(9-12)24-13-10-22(11-13)16(23)4-2-1-3-14-6-8-25-26-14/h5,7,9,13-14H,1-4,6,8,10-11H2. The van der Waals surface area contributed by atoms with Crippen LogP contribution in [0.3, 0.4) is 0 Å². The number of rotatable bonds is 7. The third-order valence-corrected chi connectivity index (χ3v) is 7.45. The van der Waals surface area contributed by atoms with E-state index in [1.165, 1.54) is 12.2 Å². The predicted molar refractivity (Wildman–Crippen MR) is 97.2 cm³/mol. The van der Waals surface area contributed by atoms with Gasteiger partial charge in [0.15, 0.2) is 0 Å². The molecule has 4 nitrogen and oxygen atoms in total. The van der Waals surface area contributed by atoms with Gasteiger partial charge in [0.1, 0.15) is 6.10 Å². The summed E-state index contributed by atoms with van der Waals surface area (Å²) in [5, 5.41) is 0.733. The van der Waals surface area contributed by atoms with Gasteiger partial charge in [-0.05, 0) is 25.3 Å². The molecule has 1 aromatic heterocycles. The molecule has 0 spiro atoms. The Morgan fingerprint density at radius 1 is 1.35 bits per heavy atom. The largest absolute Gasteiger partial charge is 0.471 e. The first-order chi connectivity index (χ1) is 12.4. The van der Waals surface area contributed by atoms with Gasteiger partial charge in [0.05, 0.1) is 18.7 Å². The Morgan fingerprint density at radius 2 is 2.15 bits per heavy atom. The first-order valence-corrected chi connectivity index (χ1v) is 11.1. The molecule has 0 N–H and O–H groups in total. The van der Waals surface area contributed by atoms with Crippen molar-refractivity contribution < 1.29 is 22.7 Å². The van der Waals surface area contributed by atoms with Gasteiger partial charge in [-0.1, -0.05) is 28.0 Å². The minimum atomic E-state index is -4.42. The fourth-order valence-electron chi connectivity index (χ4n) is 2.91. The van der Waals surface area contributed by atoms with E-state index in [4.69, 9.17) is 4.74 Å². The number of pyridine rings is 1. The molecule has 1 unspecified atom stereocenters. The molecule has 9 heteroatoms. The van der Waals surface area contributed by atoms with Crippen LogP contribution < -0.4 is 4.74 Å². The molecule has 2 saturated heterocycles. The van der Waals surface area contributed by atoms with Gasteiger partial charge < -0.3 is 9.64 Å². The predicted octanol–water partition coefficient (Wildman–Crippen LogP) is 4.40. The van der Waals surface area contributed by atoms with Crippen molar-refractivity contribution in [2.24, 2.45) is 0 Å². The molecule has 1 atom stereocenters. The first-order valence-electron chi connectivity index (χ1n) is 8.68. The number of hydrogen-bond donors (Lipinski definition) is 0. The van der Waals surface area contributed by atoms with Crippen molar-refractivity contribution in [1.82, 2.24) is 9.88 Å². The van der Waals surface area contributed by atoms with Crippen molar-refractivity contribution >= 4 is 27.5 Å². The van der Waals surface area contributed by atoms with Crippen molar-refractivity contribution in [3.63, 3.8) is 0 Å². The summed E-state index contributed by atoms with van der Waals surface area (Å²) >= 11 is 0. The maximum Gasteiger partial charge on any atom is 0.416 e. The molecule has 3 rings (SSSR count). The quantitative estimate of drug-likeness (QED) is 0.496. The molecule has 26 heavy (non-hydrogen) atoms. The molecular weight excluding hydrogens is 385 g/mol. The Labute approximate surface area is 158 Å². The van der Waals surface area contributed by atoms with Crippen molar-refractivity contribution in [1.29, 1.82) is 0 Å². The van der Waals surface area contributed by atoms with E-state index < -0.39 is 11.7 Å². The first kappa shape index (κ1) is 19.7. The molecule has 2 aliphatic heterocycles. The zero-order chi connectivity index (χ0) is 18.6. The SMILES string of the molecule is O=C(CCCCC1CCSS1)N1CC(Oc2cc(C(F)(F)F)ccn2)C1. The number of halogens is 3. The number of unbranched alkanes of at least 4 members (excludes halogenated alkanes) is 1. The molecule has 0 radical (unpaired) electrons. The zero-order valence-corrected chi connectivity index (χ0v) is 15.8. The van der Waals surface area contributed by atoms with Gasteiger partial charge in [0.2, 0.25) is 11.8 Å². The van der Waals surface area contributed by atoms with Crippen LogP contribution in [-0.4, -0.2) is 46.0 Å². The van der Waals surface area contributed by atoms with E-state index in [2.05, 4.69) is 4.98 Å². The second-order valence-corrected chi connectivity index (χ2v) is 9.28. The number of amides is 1. The molecule has 3 heterocycles. The van der Waals surface area contributed by atoms with Crippen molar-refractivity contribution in [2.45, 2.75) is 49.6 Å². The normalized spacial score (nSPS) is 20.9. The number of hydrogen-bond acceptors (Lipinski definition) is 5. The van der Waals surface area contributed by atoms with Gasteiger partial charge in [-0.2, -0.15) is 13.2 Å². The van der Waals surface area contributed by atoms with Crippen LogP contribution >= 0.6 is 21.6 Å².